The molecule has 1 aromatic carbocycles. The van der Waals surface area contributed by atoms with Crippen molar-refractivity contribution in [1.82, 2.24) is 5.48 Å². The molecular formula is C11H12ClNO. The third-order valence-corrected chi connectivity index (χ3v) is 2.18. The van der Waals surface area contributed by atoms with Crippen LogP contribution in [0.3, 0.4) is 0 Å². The van der Waals surface area contributed by atoms with Gasteiger partial charge in [-0.25, -0.2) is 0 Å². The van der Waals surface area contributed by atoms with Crippen molar-refractivity contribution >= 4 is 11.6 Å². The number of terminal acetylenes is 1. The molecular weight excluding hydrogens is 198 g/mol. The number of hydrogen-bond donors (Lipinski definition) is 1. The fraction of sp³-hybridized carbons (Fsp3) is 0.273. The van der Waals surface area contributed by atoms with Crippen LogP contribution in [0.25, 0.3) is 0 Å². The van der Waals surface area contributed by atoms with Crippen molar-refractivity contribution in [2.45, 2.75) is 13.5 Å². The molecule has 0 heterocycles. The Labute approximate surface area is 89.2 Å². The average molecular weight is 210 g/mol. The van der Waals surface area contributed by atoms with E-state index in [-0.39, 0.29) is 6.61 Å². The molecule has 2 nitrogen and oxygen atoms in total. The topological polar surface area (TPSA) is 21.3 Å². The number of aryl methyl sites for hydroxylation is 1. The Hall–Kier alpha value is -1.01. The van der Waals surface area contributed by atoms with Crippen LogP contribution >= 0.6 is 11.6 Å². The van der Waals surface area contributed by atoms with Crippen molar-refractivity contribution in [1.29, 1.82) is 0 Å². The van der Waals surface area contributed by atoms with Gasteiger partial charge in [0.1, 0.15) is 6.61 Å². The predicted octanol–water partition coefficient (Wildman–Crippen LogP) is 2.30. The molecule has 1 aromatic rings. The predicted molar refractivity (Wildman–Crippen MR) is 57.8 cm³/mol. The molecule has 0 bridgehead atoms. The van der Waals surface area contributed by atoms with Crippen LogP contribution in [-0.4, -0.2) is 6.61 Å². The van der Waals surface area contributed by atoms with E-state index in [1.54, 1.807) is 0 Å². The Morgan fingerprint density at radius 2 is 2.36 bits per heavy atom. The molecule has 0 aromatic heterocycles. The number of hydrogen-bond acceptors (Lipinski definition) is 2. The monoisotopic (exact) mass is 209 g/mol. The lowest BCUT2D eigenvalue weighted by molar-refractivity contribution is 0.0615. The zero-order valence-electron chi connectivity index (χ0n) is 8.01. The van der Waals surface area contributed by atoms with Crippen LogP contribution in [0.1, 0.15) is 11.1 Å². The standard InChI is InChI=1S/C11H12ClNO/c1-3-6-14-13-8-10-4-5-11(12)9(2)7-10/h1,4-5,7,13H,6,8H2,2H3. The van der Waals surface area contributed by atoms with E-state index in [0.29, 0.717) is 6.54 Å². The molecule has 1 N–H and O–H groups in total. The molecule has 14 heavy (non-hydrogen) atoms. The van der Waals surface area contributed by atoms with Crippen LogP contribution in [0.15, 0.2) is 18.2 Å². The molecule has 0 aliphatic heterocycles. The van der Waals surface area contributed by atoms with Gasteiger partial charge >= 0.3 is 0 Å². The lowest BCUT2D eigenvalue weighted by atomic mass is 10.1. The van der Waals surface area contributed by atoms with Gasteiger partial charge in [0.25, 0.3) is 0 Å². The summed E-state index contributed by atoms with van der Waals surface area (Å²) in [6, 6.07) is 5.82. The summed E-state index contributed by atoms with van der Waals surface area (Å²) in [7, 11) is 0. The Kier molecular flexibility index (Phi) is 4.48. The quantitative estimate of drug-likeness (QED) is 0.467. The third-order valence-electron chi connectivity index (χ3n) is 1.76. The van der Waals surface area contributed by atoms with Gasteiger partial charge in [0, 0.05) is 11.6 Å². The lowest BCUT2D eigenvalue weighted by Gasteiger charge is -2.05. The summed E-state index contributed by atoms with van der Waals surface area (Å²) in [5.41, 5.74) is 4.94. The van der Waals surface area contributed by atoms with Crippen LogP contribution < -0.4 is 5.48 Å². The highest BCUT2D eigenvalue weighted by Gasteiger charge is 1.96. The van der Waals surface area contributed by atoms with E-state index in [2.05, 4.69) is 11.4 Å². The Balaban J connectivity index is 2.44. The van der Waals surface area contributed by atoms with Crippen LogP contribution in [0.5, 0.6) is 0 Å². The minimum Gasteiger partial charge on any atom is -0.289 e. The van der Waals surface area contributed by atoms with E-state index in [9.17, 15) is 0 Å². The lowest BCUT2D eigenvalue weighted by Crippen LogP contribution is -2.14. The Morgan fingerprint density at radius 1 is 1.57 bits per heavy atom. The number of halogens is 1. The van der Waals surface area contributed by atoms with Crippen molar-refractivity contribution in [2.24, 2.45) is 0 Å². The highest BCUT2D eigenvalue weighted by atomic mass is 35.5. The number of rotatable bonds is 4. The van der Waals surface area contributed by atoms with Crippen molar-refractivity contribution in [3.8, 4) is 12.3 Å². The molecule has 0 radical (unpaired) electrons. The maximum Gasteiger partial charge on any atom is 0.128 e. The number of nitrogens with one attached hydrogen (secondary N) is 1. The van der Waals surface area contributed by atoms with Gasteiger partial charge in [-0.1, -0.05) is 29.7 Å². The Morgan fingerprint density at radius 3 is 3.00 bits per heavy atom. The summed E-state index contributed by atoms with van der Waals surface area (Å²) < 4.78 is 0. The van der Waals surface area contributed by atoms with E-state index < -0.39 is 0 Å². The highest BCUT2D eigenvalue weighted by molar-refractivity contribution is 6.31. The van der Waals surface area contributed by atoms with Crippen LogP contribution in [0.2, 0.25) is 5.02 Å². The molecule has 1 rings (SSSR count). The summed E-state index contributed by atoms with van der Waals surface area (Å²) in [5, 5.41) is 0.776. The largest absolute Gasteiger partial charge is 0.289 e. The van der Waals surface area contributed by atoms with E-state index >= 15 is 0 Å². The molecule has 74 valence electrons. The van der Waals surface area contributed by atoms with Gasteiger partial charge in [0.05, 0.1) is 0 Å². The fourth-order valence-electron chi connectivity index (χ4n) is 1.04. The molecule has 0 aliphatic carbocycles. The van der Waals surface area contributed by atoms with Gasteiger partial charge < -0.3 is 0 Å². The minimum absolute atomic E-state index is 0.270. The second-order valence-electron chi connectivity index (χ2n) is 2.90. The summed E-state index contributed by atoms with van der Waals surface area (Å²) in [4.78, 5) is 4.94. The van der Waals surface area contributed by atoms with Crippen molar-refractivity contribution < 1.29 is 4.84 Å². The number of benzene rings is 1. The molecule has 0 fully saturated rings. The molecule has 0 unspecified atom stereocenters. The summed E-state index contributed by atoms with van der Waals surface area (Å²) in [5.74, 6) is 2.37. The van der Waals surface area contributed by atoms with Gasteiger partial charge in [-0.15, -0.1) is 6.42 Å². The van der Waals surface area contributed by atoms with E-state index in [0.717, 1.165) is 16.1 Å². The molecule has 0 spiro atoms. The van der Waals surface area contributed by atoms with Gasteiger partial charge in [-0.3, -0.25) is 4.84 Å². The van der Waals surface area contributed by atoms with E-state index in [4.69, 9.17) is 22.9 Å². The summed E-state index contributed by atoms with van der Waals surface area (Å²) in [6.07, 6.45) is 5.02. The van der Waals surface area contributed by atoms with Gasteiger partial charge in [-0.2, -0.15) is 5.48 Å². The first-order valence-corrected chi connectivity index (χ1v) is 4.65. The maximum absolute atomic E-state index is 5.89. The smallest absolute Gasteiger partial charge is 0.128 e. The van der Waals surface area contributed by atoms with E-state index in [1.165, 1.54) is 0 Å². The SMILES string of the molecule is C#CCONCc1ccc(Cl)c(C)c1. The van der Waals surface area contributed by atoms with Gasteiger partial charge in [0.15, 0.2) is 0 Å². The first kappa shape index (κ1) is 11.1. The zero-order valence-corrected chi connectivity index (χ0v) is 8.77. The average Bonchev–Trinajstić information content (AvgIpc) is 2.18. The number of hydroxylamine groups is 1. The maximum atomic E-state index is 5.89. The molecule has 3 heteroatoms. The summed E-state index contributed by atoms with van der Waals surface area (Å²) >= 11 is 5.89. The second kappa shape index (κ2) is 5.66. The first-order chi connectivity index (χ1) is 6.74. The molecule has 0 amide bonds. The normalized spacial score (nSPS) is 9.79. The van der Waals surface area contributed by atoms with Crippen LogP contribution in [-0.2, 0) is 11.4 Å². The fourth-order valence-corrected chi connectivity index (χ4v) is 1.16. The van der Waals surface area contributed by atoms with Crippen LogP contribution in [0.4, 0.5) is 0 Å². The zero-order chi connectivity index (χ0) is 10.4. The second-order valence-corrected chi connectivity index (χ2v) is 3.30. The molecule has 0 atom stereocenters. The van der Waals surface area contributed by atoms with Crippen molar-refractivity contribution in [3.63, 3.8) is 0 Å². The van der Waals surface area contributed by atoms with Crippen molar-refractivity contribution in [2.75, 3.05) is 6.61 Å². The van der Waals surface area contributed by atoms with E-state index in [1.807, 2.05) is 25.1 Å². The molecule has 0 aliphatic rings. The molecule has 0 saturated heterocycles. The van der Waals surface area contributed by atoms with Gasteiger partial charge in [0.2, 0.25) is 0 Å². The first-order valence-electron chi connectivity index (χ1n) is 4.27. The molecule has 0 saturated carbocycles. The van der Waals surface area contributed by atoms with Gasteiger partial charge in [-0.05, 0) is 24.1 Å². The Bertz CT molecular complexity index is 344. The minimum atomic E-state index is 0.270. The third kappa shape index (κ3) is 3.39. The highest BCUT2D eigenvalue weighted by Crippen LogP contribution is 2.15. The van der Waals surface area contributed by atoms with Crippen molar-refractivity contribution in [3.05, 3.63) is 34.3 Å². The van der Waals surface area contributed by atoms with Crippen LogP contribution in [0, 0.1) is 19.3 Å². The summed E-state index contributed by atoms with van der Waals surface area (Å²) in [6.45, 7) is 2.86.